The number of rotatable bonds is 8. The first-order valence-corrected chi connectivity index (χ1v) is 7.38. The van der Waals surface area contributed by atoms with Gasteiger partial charge in [-0.25, -0.2) is 0 Å². The third-order valence-electron chi connectivity index (χ3n) is 2.71. The second kappa shape index (κ2) is 8.43. The zero-order chi connectivity index (χ0) is 12.5. The van der Waals surface area contributed by atoms with E-state index in [0.717, 1.165) is 12.3 Å². The van der Waals surface area contributed by atoms with Crippen molar-refractivity contribution in [1.82, 2.24) is 5.32 Å². The fourth-order valence-electron chi connectivity index (χ4n) is 1.67. The standard InChI is InChI=1S/C14H23NOS/c1-4-17-10-6-9-15-12(2)13-7-5-8-14(11-13)16-3/h5,7-8,11-12,15H,4,6,9-10H2,1-3H3. The maximum atomic E-state index is 5.23. The first-order valence-electron chi connectivity index (χ1n) is 6.23. The van der Waals surface area contributed by atoms with Crippen LogP contribution in [-0.4, -0.2) is 25.2 Å². The average Bonchev–Trinajstić information content (AvgIpc) is 2.38. The van der Waals surface area contributed by atoms with Gasteiger partial charge < -0.3 is 10.1 Å². The molecule has 1 aromatic rings. The highest BCUT2D eigenvalue weighted by Gasteiger charge is 2.04. The van der Waals surface area contributed by atoms with Crippen LogP contribution in [-0.2, 0) is 0 Å². The van der Waals surface area contributed by atoms with E-state index in [0.29, 0.717) is 6.04 Å². The van der Waals surface area contributed by atoms with Crippen molar-refractivity contribution in [2.24, 2.45) is 0 Å². The minimum atomic E-state index is 0.386. The zero-order valence-electron chi connectivity index (χ0n) is 11.0. The Hall–Kier alpha value is -0.670. The summed E-state index contributed by atoms with van der Waals surface area (Å²) < 4.78 is 5.23. The molecule has 1 aromatic carbocycles. The number of nitrogens with one attached hydrogen (secondary N) is 1. The maximum absolute atomic E-state index is 5.23. The van der Waals surface area contributed by atoms with Crippen LogP contribution in [0.15, 0.2) is 24.3 Å². The largest absolute Gasteiger partial charge is 0.497 e. The number of thioether (sulfide) groups is 1. The van der Waals surface area contributed by atoms with Crippen LogP contribution in [0.4, 0.5) is 0 Å². The summed E-state index contributed by atoms with van der Waals surface area (Å²) in [6.45, 7) is 5.48. The second-order valence-electron chi connectivity index (χ2n) is 4.00. The van der Waals surface area contributed by atoms with Crippen LogP contribution in [0, 0.1) is 0 Å². The van der Waals surface area contributed by atoms with Gasteiger partial charge in [0.25, 0.3) is 0 Å². The van der Waals surface area contributed by atoms with Gasteiger partial charge in [-0.2, -0.15) is 11.8 Å². The van der Waals surface area contributed by atoms with E-state index >= 15 is 0 Å². The Morgan fingerprint density at radius 2 is 2.24 bits per heavy atom. The molecule has 0 radical (unpaired) electrons. The van der Waals surface area contributed by atoms with Crippen LogP contribution in [0.1, 0.15) is 31.9 Å². The van der Waals surface area contributed by atoms with E-state index < -0.39 is 0 Å². The predicted octanol–water partition coefficient (Wildman–Crippen LogP) is 3.49. The van der Waals surface area contributed by atoms with E-state index in [1.54, 1.807) is 7.11 Å². The molecule has 1 unspecified atom stereocenters. The van der Waals surface area contributed by atoms with Gasteiger partial charge in [-0.3, -0.25) is 0 Å². The Morgan fingerprint density at radius 3 is 2.94 bits per heavy atom. The second-order valence-corrected chi connectivity index (χ2v) is 5.40. The highest BCUT2D eigenvalue weighted by molar-refractivity contribution is 7.99. The summed E-state index contributed by atoms with van der Waals surface area (Å²) in [4.78, 5) is 0. The Labute approximate surface area is 109 Å². The van der Waals surface area contributed by atoms with Crippen molar-refractivity contribution in [1.29, 1.82) is 0 Å². The molecule has 0 aromatic heterocycles. The number of benzene rings is 1. The van der Waals surface area contributed by atoms with E-state index in [1.165, 1.54) is 23.5 Å². The summed E-state index contributed by atoms with van der Waals surface area (Å²) in [5.74, 6) is 3.39. The Morgan fingerprint density at radius 1 is 1.41 bits per heavy atom. The van der Waals surface area contributed by atoms with Gasteiger partial charge in [0, 0.05) is 6.04 Å². The van der Waals surface area contributed by atoms with Gasteiger partial charge in [-0.15, -0.1) is 0 Å². The Bertz CT molecular complexity index is 317. The number of hydrogen-bond donors (Lipinski definition) is 1. The number of hydrogen-bond acceptors (Lipinski definition) is 3. The average molecular weight is 253 g/mol. The molecular formula is C14H23NOS. The molecule has 0 saturated heterocycles. The summed E-state index contributed by atoms with van der Waals surface area (Å²) in [5, 5.41) is 3.54. The third-order valence-corrected chi connectivity index (χ3v) is 3.70. The van der Waals surface area contributed by atoms with E-state index in [4.69, 9.17) is 4.74 Å². The highest BCUT2D eigenvalue weighted by atomic mass is 32.2. The maximum Gasteiger partial charge on any atom is 0.119 e. The molecule has 0 bridgehead atoms. The van der Waals surface area contributed by atoms with Crippen molar-refractivity contribution in [2.45, 2.75) is 26.3 Å². The van der Waals surface area contributed by atoms with E-state index in [1.807, 2.05) is 23.9 Å². The molecule has 2 nitrogen and oxygen atoms in total. The summed E-state index contributed by atoms with van der Waals surface area (Å²) in [6.07, 6.45) is 1.23. The molecule has 1 N–H and O–H groups in total. The lowest BCUT2D eigenvalue weighted by molar-refractivity contribution is 0.413. The Kier molecular flexibility index (Phi) is 7.13. The molecule has 3 heteroatoms. The lowest BCUT2D eigenvalue weighted by Crippen LogP contribution is -2.20. The first kappa shape index (κ1) is 14.4. The molecule has 0 aliphatic heterocycles. The molecule has 0 amide bonds. The number of methoxy groups -OCH3 is 1. The lowest BCUT2D eigenvalue weighted by atomic mass is 10.1. The van der Waals surface area contributed by atoms with Crippen LogP contribution in [0.25, 0.3) is 0 Å². The fraction of sp³-hybridized carbons (Fsp3) is 0.571. The Balaban J connectivity index is 2.33. The van der Waals surface area contributed by atoms with Gasteiger partial charge in [0.2, 0.25) is 0 Å². The number of ether oxygens (including phenoxy) is 1. The summed E-state index contributed by atoms with van der Waals surface area (Å²) in [6, 6.07) is 8.64. The monoisotopic (exact) mass is 253 g/mol. The van der Waals surface area contributed by atoms with E-state index in [9.17, 15) is 0 Å². The zero-order valence-corrected chi connectivity index (χ0v) is 11.8. The van der Waals surface area contributed by atoms with Gasteiger partial charge in [0.05, 0.1) is 7.11 Å². The van der Waals surface area contributed by atoms with Crippen LogP contribution in [0.5, 0.6) is 5.75 Å². The van der Waals surface area contributed by atoms with Gasteiger partial charge in [0.15, 0.2) is 0 Å². The molecule has 0 aliphatic rings. The molecule has 17 heavy (non-hydrogen) atoms. The smallest absolute Gasteiger partial charge is 0.119 e. The van der Waals surface area contributed by atoms with Gasteiger partial charge in [-0.05, 0) is 49.1 Å². The normalized spacial score (nSPS) is 12.4. The van der Waals surface area contributed by atoms with E-state index in [-0.39, 0.29) is 0 Å². The van der Waals surface area contributed by atoms with Crippen molar-refractivity contribution >= 4 is 11.8 Å². The quantitative estimate of drug-likeness (QED) is 0.717. The first-order chi connectivity index (χ1) is 8.27. The van der Waals surface area contributed by atoms with Gasteiger partial charge in [-0.1, -0.05) is 19.1 Å². The summed E-state index contributed by atoms with van der Waals surface area (Å²) >= 11 is 2.00. The van der Waals surface area contributed by atoms with Crippen LogP contribution in [0.2, 0.25) is 0 Å². The molecule has 1 atom stereocenters. The molecule has 1 rings (SSSR count). The summed E-state index contributed by atoms with van der Waals surface area (Å²) in [5.41, 5.74) is 1.28. The van der Waals surface area contributed by atoms with Gasteiger partial charge in [0.1, 0.15) is 5.75 Å². The summed E-state index contributed by atoms with van der Waals surface area (Å²) in [7, 11) is 1.71. The minimum absolute atomic E-state index is 0.386. The molecule has 0 aliphatic carbocycles. The van der Waals surface area contributed by atoms with Crippen LogP contribution < -0.4 is 10.1 Å². The highest BCUT2D eigenvalue weighted by Crippen LogP contribution is 2.18. The SMILES string of the molecule is CCSCCCNC(C)c1cccc(OC)c1. The van der Waals surface area contributed by atoms with Crippen molar-refractivity contribution in [3.8, 4) is 5.75 Å². The van der Waals surface area contributed by atoms with Crippen LogP contribution in [0.3, 0.4) is 0 Å². The molecule has 0 fully saturated rings. The molecule has 96 valence electrons. The molecular weight excluding hydrogens is 230 g/mol. The lowest BCUT2D eigenvalue weighted by Gasteiger charge is -2.14. The van der Waals surface area contributed by atoms with Crippen molar-refractivity contribution in [3.63, 3.8) is 0 Å². The van der Waals surface area contributed by atoms with Crippen molar-refractivity contribution < 1.29 is 4.74 Å². The van der Waals surface area contributed by atoms with Crippen molar-refractivity contribution in [3.05, 3.63) is 29.8 Å². The topological polar surface area (TPSA) is 21.3 Å². The van der Waals surface area contributed by atoms with Crippen molar-refractivity contribution in [2.75, 3.05) is 25.2 Å². The minimum Gasteiger partial charge on any atom is -0.497 e. The third kappa shape index (κ3) is 5.46. The van der Waals surface area contributed by atoms with E-state index in [2.05, 4.69) is 31.3 Å². The van der Waals surface area contributed by atoms with Gasteiger partial charge >= 0.3 is 0 Å². The molecule has 0 spiro atoms. The van der Waals surface area contributed by atoms with Crippen LogP contribution >= 0.6 is 11.8 Å². The molecule has 0 heterocycles. The fourth-order valence-corrected chi connectivity index (χ4v) is 2.30. The molecule has 0 saturated carbocycles. The predicted molar refractivity (Wildman–Crippen MR) is 77.0 cm³/mol.